The molecule has 3 aromatic rings. The number of hydrogen-bond donors (Lipinski definition) is 0. The monoisotopic (exact) mass is 338 g/mol. The lowest BCUT2D eigenvalue weighted by Crippen LogP contribution is -2.14. The molecule has 0 atom stereocenters. The zero-order valence-electron chi connectivity index (χ0n) is 13.7. The third-order valence-electron chi connectivity index (χ3n) is 3.79. The van der Waals surface area contributed by atoms with Crippen molar-refractivity contribution in [3.63, 3.8) is 0 Å². The van der Waals surface area contributed by atoms with E-state index in [1.807, 2.05) is 13.8 Å². The molecule has 5 nitrogen and oxygen atoms in total. The number of aryl methyl sites for hydroxylation is 2. The standard InChI is InChI=1S/C19H15FN2O3/c1-11-12(2)22-17-9-14(6-7-16(17)21-11)19(24)25-10-18(23)13-4-3-5-15(20)8-13/h3-9H,10H2,1-2H3. The highest BCUT2D eigenvalue weighted by Gasteiger charge is 2.13. The number of ketones is 1. The largest absolute Gasteiger partial charge is 0.454 e. The molecule has 0 spiro atoms. The number of Topliss-reactive ketones (excluding diaryl/α,β-unsaturated/α-hetero) is 1. The summed E-state index contributed by atoms with van der Waals surface area (Å²) in [6.45, 7) is 3.24. The Balaban J connectivity index is 1.74. The van der Waals surface area contributed by atoms with Gasteiger partial charge in [0.25, 0.3) is 0 Å². The number of esters is 1. The highest BCUT2D eigenvalue weighted by atomic mass is 19.1. The van der Waals surface area contributed by atoms with Crippen molar-refractivity contribution in [3.05, 3.63) is 70.8 Å². The number of halogens is 1. The van der Waals surface area contributed by atoms with Gasteiger partial charge in [-0.2, -0.15) is 0 Å². The average Bonchev–Trinajstić information content (AvgIpc) is 2.60. The number of ether oxygens (including phenoxy) is 1. The number of benzene rings is 2. The molecule has 0 saturated carbocycles. The summed E-state index contributed by atoms with van der Waals surface area (Å²) in [4.78, 5) is 32.9. The van der Waals surface area contributed by atoms with E-state index in [-0.39, 0.29) is 11.1 Å². The first-order valence-corrected chi connectivity index (χ1v) is 7.65. The molecule has 3 rings (SSSR count). The first-order chi connectivity index (χ1) is 11.9. The smallest absolute Gasteiger partial charge is 0.338 e. The van der Waals surface area contributed by atoms with Gasteiger partial charge in [-0.05, 0) is 44.2 Å². The van der Waals surface area contributed by atoms with Crippen molar-refractivity contribution < 1.29 is 18.7 Å². The van der Waals surface area contributed by atoms with Crippen molar-refractivity contribution >= 4 is 22.8 Å². The maximum Gasteiger partial charge on any atom is 0.338 e. The molecule has 0 fully saturated rings. The molecule has 0 amide bonds. The molecular formula is C19H15FN2O3. The van der Waals surface area contributed by atoms with Gasteiger partial charge in [0.2, 0.25) is 0 Å². The van der Waals surface area contributed by atoms with Crippen molar-refractivity contribution in [2.45, 2.75) is 13.8 Å². The Bertz CT molecular complexity index is 986. The van der Waals surface area contributed by atoms with E-state index in [0.717, 1.165) is 17.5 Å². The fourth-order valence-corrected chi connectivity index (χ4v) is 2.32. The van der Waals surface area contributed by atoms with Gasteiger partial charge in [-0.15, -0.1) is 0 Å². The van der Waals surface area contributed by atoms with Gasteiger partial charge in [0, 0.05) is 5.56 Å². The average molecular weight is 338 g/mol. The molecule has 126 valence electrons. The first kappa shape index (κ1) is 16.7. The van der Waals surface area contributed by atoms with Crippen molar-refractivity contribution in [2.75, 3.05) is 6.61 Å². The van der Waals surface area contributed by atoms with Crippen molar-refractivity contribution in [1.82, 2.24) is 9.97 Å². The zero-order valence-corrected chi connectivity index (χ0v) is 13.7. The molecule has 0 aliphatic carbocycles. The molecule has 25 heavy (non-hydrogen) atoms. The third kappa shape index (κ3) is 3.68. The minimum atomic E-state index is -0.647. The van der Waals surface area contributed by atoms with E-state index < -0.39 is 24.2 Å². The van der Waals surface area contributed by atoms with Gasteiger partial charge >= 0.3 is 5.97 Å². The molecule has 6 heteroatoms. The van der Waals surface area contributed by atoms with E-state index >= 15 is 0 Å². The number of hydrogen-bond acceptors (Lipinski definition) is 5. The van der Waals surface area contributed by atoms with E-state index in [1.54, 1.807) is 18.2 Å². The van der Waals surface area contributed by atoms with Crippen LogP contribution < -0.4 is 0 Å². The SMILES string of the molecule is Cc1nc2ccc(C(=O)OCC(=O)c3cccc(F)c3)cc2nc1C. The molecule has 0 aliphatic heterocycles. The lowest BCUT2D eigenvalue weighted by Gasteiger charge is -2.06. The van der Waals surface area contributed by atoms with Crippen LogP contribution in [-0.2, 0) is 4.74 Å². The second-order valence-corrected chi connectivity index (χ2v) is 5.61. The summed E-state index contributed by atoms with van der Waals surface area (Å²) in [5.74, 6) is -1.64. The highest BCUT2D eigenvalue weighted by Crippen LogP contribution is 2.15. The summed E-state index contributed by atoms with van der Waals surface area (Å²) >= 11 is 0. The molecule has 0 unspecified atom stereocenters. The fraction of sp³-hybridized carbons (Fsp3) is 0.158. The molecular weight excluding hydrogens is 323 g/mol. The number of nitrogens with zero attached hydrogens (tertiary/aromatic N) is 2. The summed E-state index contributed by atoms with van der Waals surface area (Å²) in [7, 11) is 0. The van der Waals surface area contributed by atoms with Crippen LogP contribution in [0.3, 0.4) is 0 Å². The Morgan fingerprint density at radius 3 is 2.40 bits per heavy atom. The summed E-state index contributed by atoms with van der Waals surface area (Å²) in [6, 6.07) is 10.1. The summed E-state index contributed by atoms with van der Waals surface area (Å²) in [6.07, 6.45) is 0. The van der Waals surface area contributed by atoms with E-state index in [9.17, 15) is 14.0 Å². The van der Waals surface area contributed by atoms with Crippen LogP contribution in [0.15, 0.2) is 42.5 Å². The van der Waals surface area contributed by atoms with Crippen molar-refractivity contribution in [2.24, 2.45) is 0 Å². The Morgan fingerprint density at radius 1 is 0.960 bits per heavy atom. The topological polar surface area (TPSA) is 69.2 Å². The maximum absolute atomic E-state index is 13.1. The van der Waals surface area contributed by atoms with Crippen LogP contribution in [0.25, 0.3) is 11.0 Å². The van der Waals surface area contributed by atoms with Crippen LogP contribution in [0, 0.1) is 19.7 Å². The van der Waals surface area contributed by atoms with Gasteiger partial charge in [0.15, 0.2) is 12.4 Å². The highest BCUT2D eigenvalue weighted by molar-refractivity contribution is 6.00. The van der Waals surface area contributed by atoms with E-state index in [1.165, 1.54) is 18.2 Å². The van der Waals surface area contributed by atoms with Crippen molar-refractivity contribution in [1.29, 1.82) is 0 Å². The number of aromatic nitrogens is 2. The summed E-state index contributed by atoms with van der Waals surface area (Å²) in [5, 5.41) is 0. The lowest BCUT2D eigenvalue weighted by molar-refractivity contribution is 0.0475. The van der Waals surface area contributed by atoms with Gasteiger partial charge in [-0.1, -0.05) is 12.1 Å². The fourth-order valence-electron chi connectivity index (χ4n) is 2.32. The Labute approximate surface area is 143 Å². The van der Waals surface area contributed by atoms with Crippen molar-refractivity contribution in [3.8, 4) is 0 Å². The molecule has 0 saturated heterocycles. The van der Waals surface area contributed by atoms with Crippen LogP contribution >= 0.6 is 0 Å². The van der Waals surface area contributed by atoms with Crippen LogP contribution in [0.2, 0.25) is 0 Å². The Kier molecular flexibility index (Phi) is 4.52. The second kappa shape index (κ2) is 6.76. The Hall–Kier alpha value is -3.15. The van der Waals surface area contributed by atoms with Gasteiger partial charge < -0.3 is 4.74 Å². The minimum absolute atomic E-state index is 0.156. The lowest BCUT2D eigenvalue weighted by atomic mass is 10.1. The molecule has 0 aliphatic rings. The number of rotatable bonds is 4. The summed E-state index contributed by atoms with van der Waals surface area (Å²) < 4.78 is 18.2. The normalized spacial score (nSPS) is 10.7. The summed E-state index contributed by atoms with van der Waals surface area (Å²) in [5.41, 5.74) is 3.28. The predicted octanol–water partition coefficient (Wildman–Crippen LogP) is 3.43. The second-order valence-electron chi connectivity index (χ2n) is 5.61. The number of carbonyl (C=O) groups is 2. The molecule has 0 radical (unpaired) electrons. The predicted molar refractivity (Wildman–Crippen MR) is 90.0 cm³/mol. The Morgan fingerprint density at radius 2 is 1.68 bits per heavy atom. The van der Waals surface area contributed by atoms with Crippen LogP contribution in [0.1, 0.15) is 32.1 Å². The molecule has 2 aromatic carbocycles. The number of fused-ring (bicyclic) bond motifs is 1. The van der Waals surface area contributed by atoms with Gasteiger partial charge in [0.05, 0.1) is 28.0 Å². The van der Waals surface area contributed by atoms with E-state index in [4.69, 9.17) is 4.74 Å². The molecule has 0 bridgehead atoms. The van der Waals surface area contributed by atoms with E-state index in [2.05, 4.69) is 9.97 Å². The first-order valence-electron chi connectivity index (χ1n) is 7.65. The van der Waals surface area contributed by atoms with Crippen LogP contribution in [0.5, 0.6) is 0 Å². The third-order valence-corrected chi connectivity index (χ3v) is 3.79. The van der Waals surface area contributed by atoms with Crippen LogP contribution in [-0.4, -0.2) is 28.3 Å². The maximum atomic E-state index is 13.1. The quantitative estimate of drug-likeness (QED) is 0.538. The van der Waals surface area contributed by atoms with Crippen LogP contribution in [0.4, 0.5) is 4.39 Å². The van der Waals surface area contributed by atoms with Gasteiger partial charge in [-0.25, -0.2) is 19.2 Å². The number of carbonyl (C=O) groups excluding carboxylic acids is 2. The zero-order chi connectivity index (χ0) is 18.0. The van der Waals surface area contributed by atoms with Gasteiger partial charge in [-0.3, -0.25) is 4.79 Å². The molecule has 1 heterocycles. The van der Waals surface area contributed by atoms with Gasteiger partial charge in [0.1, 0.15) is 5.82 Å². The molecule has 1 aromatic heterocycles. The molecule has 0 N–H and O–H groups in total. The minimum Gasteiger partial charge on any atom is -0.454 e. The van der Waals surface area contributed by atoms with E-state index in [0.29, 0.717) is 11.0 Å².